The summed E-state index contributed by atoms with van der Waals surface area (Å²) >= 11 is 0. The molecule has 5 heteroatoms. The molecule has 0 aromatic heterocycles. The molecule has 0 saturated carbocycles. The molecule has 0 fully saturated rings. The average molecular weight is 289 g/mol. The van der Waals surface area contributed by atoms with Gasteiger partial charge in [0.2, 0.25) is 0 Å². The van der Waals surface area contributed by atoms with E-state index in [2.05, 4.69) is 4.74 Å². The highest BCUT2D eigenvalue weighted by Gasteiger charge is 2.08. The molecule has 20 heavy (non-hydrogen) atoms. The van der Waals surface area contributed by atoms with Crippen molar-refractivity contribution in [3.8, 4) is 5.75 Å². The van der Waals surface area contributed by atoms with Crippen LogP contribution in [0.5, 0.6) is 5.75 Å². The van der Waals surface area contributed by atoms with Crippen molar-refractivity contribution in [2.45, 2.75) is 34.3 Å². The third-order valence-corrected chi connectivity index (χ3v) is 1.86. The van der Waals surface area contributed by atoms with Crippen molar-refractivity contribution in [3.05, 3.63) is 29.8 Å². The average Bonchev–Trinajstić information content (AvgIpc) is 2.42. The molecule has 0 aliphatic heterocycles. The molecule has 1 aromatic carbocycles. The summed E-state index contributed by atoms with van der Waals surface area (Å²) in [6, 6.07) is 5.66. The molecule has 0 N–H and O–H groups in total. The standard InChI is InChI=1S/C11H13F2NO2.2C2H6/c1-14(2)7-10(15)8-3-5-9(6-4-8)16-11(12)13;2*1-2/h3-6,11H,7H2,1-2H3;2*1-2H3. The first-order valence-corrected chi connectivity index (χ1v) is 6.72. The van der Waals surface area contributed by atoms with Crippen LogP contribution in [0.15, 0.2) is 24.3 Å². The van der Waals surface area contributed by atoms with Gasteiger partial charge in [-0.15, -0.1) is 0 Å². The Morgan fingerprint density at radius 3 is 1.90 bits per heavy atom. The van der Waals surface area contributed by atoms with E-state index in [4.69, 9.17) is 0 Å². The van der Waals surface area contributed by atoms with Crippen molar-refractivity contribution < 1.29 is 18.3 Å². The number of carbonyl (C=O) groups excluding carboxylic acids is 1. The van der Waals surface area contributed by atoms with Gasteiger partial charge in [0.05, 0.1) is 6.54 Å². The number of ether oxygens (including phenoxy) is 1. The van der Waals surface area contributed by atoms with Gasteiger partial charge in [0.1, 0.15) is 5.75 Å². The van der Waals surface area contributed by atoms with E-state index in [-0.39, 0.29) is 18.1 Å². The maximum atomic E-state index is 11.9. The number of Topliss-reactive ketones (excluding diaryl/α,β-unsaturated/α-hetero) is 1. The summed E-state index contributed by atoms with van der Waals surface area (Å²) in [7, 11) is 3.57. The molecular weight excluding hydrogens is 264 g/mol. The highest BCUT2D eigenvalue weighted by Crippen LogP contribution is 2.15. The summed E-state index contributed by atoms with van der Waals surface area (Å²) in [6.45, 7) is 5.44. The summed E-state index contributed by atoms with van der Waals surface area (Å²) in [5.74, 6) is -0.00926. The van der Waals surface area contributed by atoms with Crippen molar-refractivity contribution in [2.24, 2.45) is 0 Å². The zero-order valence-electron chi connectivity index (χ0n) is 13.1. The number of hydrogen-bond donors (Lipinski definition) is 0. The predicted octanol–water partition coefficient (Wildman–Crippen LogP) is 4.08. The fourth-order valence-electron chi connectivity index (χ4n) is 1.20. The maximum absolute atomic E-state index is 11.9. The molecule has 0 aliphatic carbocycles. The predicted molar refractivity (Wildman–Crippen MR) is 78.7 cm³/mol. The number of carbonyl (C=O) groups is 1. The third-order valence-electron chi connectivity index (χ3n) is 1.86. The number of hydrogen-bond acceptors (Lipinski definition) is 3. The topological polar surface area (TPSA) is 29.5 Å². The molecule has 3 nitrogen and oxygen atoms in total. The minimum atomic E-state index is -2.84. The van der Waals surface area contributed by atoms with Crippen molar-refractivity contribution in [3.63, 3.8) is 0 Å². The first kappa shape index (κ1) is 20.8. The Balaban J connectivity index is 0. The number of likely N-dealkylation sites (N-methyl/N-ethyl adjacent to an activating group) is 1. The van der Waals surface area contributed by atoms with E-state index < -0.39 is 6.61 Å². The van der Waals surface area contributed by atoms with Gasteiger partial charge in [-0.1, -0.05) is 27.7 Å². The van der Waals surface area contributed by atoms with Crippen LogP contribution in [0.1, 0.15) is 38.1 Å². The van der Waals surface area contributed by atoms with Crippen LogP contribution >= 0.6 is 0 Å². The summed E-state index contributed by atoms with van der Waals surface area (Å²) in [6.07, 6.45) is 0. The lowest BCUT2D eigenvalue weighted by Crippen LogP contribution is -2.21. The SMILES string of the molecule is CC.CC.CN(C)CC(=O)c1ccc(OC(F)F)cc1. The van der Waals surface area contributed by atoms with E-state index in [0.29, 0.717) is 5.56 Å². The van der Waals surface area contributed by atoms with Gasteiger partial charge in [-0.3, -0.25) is 4.79 Å². The van der Waals surface area contributed by atoms with E-state index in [0.717, 1.165) is 0 Å². The number of alkyl halides is 2. The lowest BCUT2D eigenvalue weighted by Gasteiger charge is -2.09. The summed E-state index contributed by atoms with van der Waals surface area (Å²) < 4.78 is 27.9. The van der Waals surface area contributed by atoms with Gasteiger partial charge >= 0.3 is 6.61 Å². The van der Waals surface area contributed by atoms with Gasteiger partial charge in [-0.05, 0) is 38.4 Å². The second-order valence-electron chi connectivity index (χ2n) is 3.56. The van der Waals surface area contributed by atoms with E-state index in [1.807, 2.05) is 27.7 Å². The Labute approximate surface area is 120 Å². The van der Waals surface area contributed by atoms with Crippen molar-refractivity contribution >= 4 is 5.78 Å². The van der Waals surface area contributed by atoms with Gasteiger partial charge in [0.15, 0.2) is 5.78 Å². The molecule has 0 heterocycles. The molecule has 0 bridgehead atoms. The van der Waals surface area contributed by atoms with Crippen LogP contribution in [0.2, 0.25) is 0 Å². The van der Waals surface area contributed by atoms with Gasteiger partial charge < -0.3 is 9.64 Å². The fourth-order valence-corrected chi connectivity index (χ4v) is 1.20. The Morgan fingerprint density at radius 2 is 1.55 bits per heavy atom. The van der Waals surface area contributed by atoms with Crippen LogP contribution in [0, 0.1) is 0 Å². The van der Waals surface area contributed by atoms with Crippen LogP contribution in [0.4, 0.5) is 8.78 Å². The Morgan fingerprint density at radius 1 is 1.10 bits per heavy atom. The zero-order valence-corrected chi connectivity index (χ0v) is 13.1. The van der Waals surface area contributed by atoms with Crippen molar-refractivity contribution in [2.75, 3.05) is 20.6 Å². The molecule has 1 rings (SSSR count). The number of nitrogens with zero attached hydrogens (tertiary/aromatic N) is 1. The Hall–Kier alpha value is -1.49. The molecule has 116 valence electrons. The number of rotatable bonds is 5. The molecule has 0 unspecified atom stereocenters. The number of benzene rings is 1. The van der Waals surface area contributed by atoms with Gasteiger partial charge in [-0.25, -0.2) is 0 Å². The normalized spacial score (nSPS) is 9.30. The number of halogens is 2. The fraction of sp³-hybridized carbons (Fsp3) is 0.533. The molecule has 0 radical (unpaired) electrons. The highest BCUT2D eigenvalue weighted by molar-refractivity contribution is 5.97. The molecule has 0 saturated heterocycles. The van der Waals surface area contributed by atoms with Crippen LogP contribution in [0.25, 0.3) is 0 Å². The lowest BCUT2D eigenvalue weighted by molar-refractivity contribution is -0.0498. The zero-order chi connectivity index (χ0) is 16.1. The Kier molecular flexibility index (Phi) is 13.1. The van der Waals surface area contributed by atoms with Crippen molar-refractivity contribution in [1.29, 1.82) is 0 Å². The molecule has 0 spiro atoms. The summed E-state index contributed by atoms with van der Waals surface area (Å²) in [4.78, 5) is 13.3. The minimum Gasteiger partial charge on any atom is -0.435 e. The molecule has 1 aromatic rings. The Bertz CT molecular complexity index is 351. The summed E-state index contributed by atoms with van der Waals surface area (Å²) in [5.41, 5.74) is 0.482. The van der Waals surface area contributed by atoms with Gasteiger partial charge in [-0.2, -0.15) is 8.78 Å². The first-order valence-electron chi connectivity index (χ1n) is 6.72. The third kappa shape index (κ3) is 9.44. The molecule has 0 amide bonds. The molecule has 0 aliphatic rings. The van der Waals surface area contributed by atoms with Crippen LogP contribution in [-0.4, -0.2) is 37.9 Å². The van der Waals surface area contributed by atoms with E-state index in [1.54, 1.807) is 19.0 Å². The monoisotopic (exact) mass is 289 g/mol. The minimum absolute atomic E-state index is 0.0522. The van der Waals surface area contributed by atoms with E-state index in [9.17, 15) is 13.6 Å². The van der Waals surface area contributed by atoms with Crippen LogP contribution < -0.4 is 4.74 Å². The number of ketones is 1. The molecular formula is C15H25F2NO2. The van der Waals surface area contributed by atoms with Gasteiger partial charge in [0, 0.05) is 5.56 Å². The highest BCUT2D eigenvalue weighted by atomic mass is 19.3. The van der Waals surface area contributed by atoms with Crippen molar-refractivity contribution in [1.82, 2.24) is 4.90 Å². The second kappa shape index (κ2) is 12.5. The largest absolute Gasteiger partial charge is 0.435 e. The van der Waals surface area contributed by atoms with Gasteiger partial charge in [0.25, 0.3) is 0 Å². The lowest BCUT2D eigenvalue weighted by atomic mass is 10.1. The first-order chi connectivity index (χ1) is 9.49. The second-order valence-corrected chi connectivity index (χ2v) is 3.56. The van der Waals surface area contributed by atoms with Crippen LogP contribution in [-0.2, 0) is 0 Å². The van der Waals surface area contributed by atoms with Crippen LogP contribution in [0.3, 0.4) is 0 Å². The maximum Gasteiger partial charge on any atom is 0.387 e. The molecule has 0 atom stereocenters. The smallest absolute Gasteiger partial charge is 0.387 e. The quantitative estimate of drug-likeness (QED) is 0.765. The summed E-state index contributed by atoms with van der Waals surface area (Å²) in [5, 5.41) is 0. The van der Waals surface area contributed by atoms with E-state index in [1.165, 1.54) is 24.3 Å². The van der Waals surface area contributed by atoms with E-state index >= 15 is 0 Å².